The van der Waals surface area contributed by atoms with E-state index in [4.69, 9.17) is 17.2 Å². The van der Waals surface area contributed by atoms with Crippen LogP contribution in [0.25, 0.3) is 10.7 Å². The van der Waals surface area contributed by atoms with Gasteiger partial charge in [-0.05, 0) is 31.5 Å². The fourth-order valence-corrected chi connectivity index (χ4v) is 3.71. The van der Waals surface area contributed by atoms with E-state index in [9.17, 15) is 0 Å². The van der Waals surface area contributed by atoms with Crippen molar-refractivity contribution >= 4 is 28.7 Å². The van der Waals surface area contributed by atoms with Crippen molar-refractivity contribution in [1.29, 1.82) is 0 Å². The molecule has 0 aromatic carbocycles. The van der Waals surface area contributed by atoms with Gasteiger partial charge >= 0.3 is 0 Å². The lowest BCUT2D eigenvalue weighted by molar-refractivity contribution is 0.899. The summed E-state index contributed by atoms with van der Waals surface area (Å²) in [5.41, 5.74) is 1.11. The predicted octanol–water partition coefficient (Wildman–Crippen LogP) is 2.76. The Hall–Kier alpha value is -1.21. The van der Waals surface area contributed by atoms with Crippen LogP contribution in [0.5, 0.6) is 0 Å². The Morgan fingerprint density at radius 1 is 1.37 bits per heavy atom. The molecule has 0 atom stereocenters. The zero-order valence-corrected chi connectivity index (χ0v) is 12.8. The summed E-state index contributed by atoms with van der Waals surface area (Å²) in [4.78, 5) is 8.29. The molecule has 0 bridgehead atoms. The van der Waals surface area contributed by atoms with Crippen molar-refractivity contribution in [2.75, 3.05) is 18.0 Å². The molecular formula is C12H17N5S2. The van der Waals surface area contributed by atoms with Crippen LogP contribution in [0, 0.1) is 4.77 Å². The highest BCUT2D eigenvalue weighted by Crippen LogP contribution is 2.35. The summed E-state index contributed by atoms with van der Waals surface area (Å²) in [6.45, 7) is 4.37. The van der Waals surface area contributed by atoms with E-state index < -0.39 is 0 Å². The zero-order chi connectivity index (χ0) is 13.4. The second kappa shape index (κ2) is 5.05. The molecule has 1 N–H and O–H groups in total. The SMILES string of the molecule is CCc1nc(N2CCCC2)sc1-c1n[nH]c(=S)n1C. The topological polar surface area (TPSA) is 49.7 Å². The van der Waals surface area contributed by atoms with Crippen LogP contribution in [-0.4, -0.2) is 32.8 Å². The highest BCUT2D eigenvalue weighted by atomic mass is 32.1. The van der Waals surface area contributed by atoms with Crippen molar-refractivity contribution in [2.45, 2.75) is 26.2 Å². The third kappa shape index (κ3) is 2.21. The molecule has 19 heavy (non-hydrogen) atoms. The van der Waals surface area contributed by atoms with Crippen LogP contribution in [0.1, 0.15) is 25.5 Å². The van der Waals surface area contributed by atoms with Crippen LogP contribution in [0.4, 0.5) is 5.13 Å². The second-order valence-corrected chi connectivity index (χ2v) is 6.10. The van der Waals surface area contributed by atoms with Gasteiger partial charge in [0.25, 0.3) is 0 Å². The highest BCUT2D eigenvalue weighted by Gasteiger charge is 2.21. The van der Waals surface area contributed by atoms with Crippen molar-refractivity contribution in [2.24, 2.45) is 7.05 Å². The maximum absolute atomic E-state index is 5.19. The van der Waals surface area contributed by atoms with Crippen molar-refractivity contribution in [3.8, 4) is 10.7 Å². The fourth-order valence-electron chi connectivity index (χ4n) is 2.35. The first-order chi connectivity index (χ1) is 9.20. The average Bonchev–Trinajstić information content (AvgIpc) is 3.11. The molecule has 5 nitrogen and oxygen atoms in total. The van der Waals surface area contributed by atoms with E-state index in [1.807, 2.05) is 11.6 Å². The standard InChI is InChI=1S/C12H17N5S2/c1-3-8-9(10-14-15-11(18)16(10)2)19-12(13-8)17-6-4-5-7-17/h3-7H2,1-2H3,(H,15,18). The molecule has 0 radical (unpaired) electrons. The number of aryl methyl sites for hydroxylation is 1. The van der Waals surface area contributed by atoms with Crippen LogP contribution < -0.4 is 4.90 Å². The van der Waals surface area contributed by atoms with Gasteiger partial charge in [0.15, 0.2) is 15.7 Å². The number of hydrogen-bond donors (Lipinski definition) is 1. The lowest BCUT2D eigenvalue weighted by Crippen LogP contribution is -2.17. The molecule has 1 aliphatic rings. The Balaban J connectivity index is 2.05. The van der Waals surface area contributed by atoms with Crippen LogP contribution in [0.15, 0.2) is 0 Å². The summed E-state index contributed by atoms with van der Waals surface area (Å²) in [6, 6.07) is 0. The van der Waals surface area contributed by atoms with E-state index in [0.717, 1.165) is 41.0 Å². The Bertz CT molecular complexity index is 633. The summed E-state index contributed by atoms with van der Waals surface area (Å²) < 4.78 is 2.56. The Morgan fingerprint density at radius 2 is 2.11 bits per heavy atom. The Kier molecular flexibility index (Phi) is 3.40. The molecule has 1 aliphatic heterocycles. The van der Waals surface area contributed by atoms with Gasteiger partial charge in [-0.25, -0.2) is 4.98 Å². The number of nitrogens with zero attached hydrogens (tertiary/aromatic N) is 4. The smallest absolute Gasteiger partial charge is 0.195 e. The molecule has 0 unspecified atom stereocenters. The number of rotatable bonds is 3. The minimum atomic E-state index is 0.646. The van der Waals surface area contributed by atoms with Gasteiger partial charge in [-0.2, -0.15) is 5.10 Å². The van der Waals surface area contributed by atoms with Gasteiger partial charge in [0.05, 0.1) is 10.6 Å². The third-order valence-corrected chi connectivity index (χ3v) is 5.00. The van der Waals surface area contributed by atoms with Crippen LogP contribution in [0.3, 0.4) is 0 Å². The van der Waals surface area contributed by atoms with Gasteiger partial charge < -0.3 is 9.47 Å². The number of hydrogen-bond acceptors (Lipinski definition) is 5. The van der Waals surface area contributed by atoms with Crippen molar-refractivity contribution in [3.63, 3.8) is 0 Å². The molecule has 1 fully saturated rings. The molecule has 3 rings (SSSR count). The van der Waals surface area contributed by atoms with Gasteiger partial charge in [0, 0.05) is 20.1 Å². The molecule has 2 aromatic rings. The quantitative estimate of drug-likeness (QED) is 0.885. The van der Waals surface area contributed by atoms with Crippen LogP contribution in [-0.2, 0) is 13.5 Å². The number of anilines is 1. The van der Waals surface area contributed by atoms with Crippen LogP contribution >= 0.6 is 23.6 Å². The first-order valence-electron chi connectivity index (χ1n) is 6.57. The van der Waals surface area contributed by atoms with Gasteiger partial charge in [-0.3, -0.25) is 5.10 Å². The van der Waals surface area contributed by atoms with Crippen molar-refractivity contribution in [3.05, 3.63) is 10.5 Å². The molecular weight excluding hydrogens is 278 g/mol. The van der Waals surface area contributed by atoms with E-state index in [-0.39, 0.29) is 0 Å². The number of thiazole rings is 1. The molecule has 7 heteroatoms. The lowest BCUT2D eigenvalue weighted by atomic mass is 10.3. The van der Waals surface area contributed by atoms with Gasteiger partial charge in [0.2, 0.25) is 0 Å². The molecule has 0 spiro atoms. The van der Waals surface area contributed by atoms with Crippen molar-refractivity contribution in [1.82, 2.24) is 19.7 Å². The largest absolute Gasteiger partial charge is 0.348 e. The Morgan fingerprint density at radius 3 is 2.68 bits per heavy atom. The number of nitrogens with one attached hydrogen (secondary N) is 1. The van der Waals surface area contributed by atoms with E-state index >= 15 is 0 Å². The normalized spacial score (nSPS) is 15.4. The molecule has 1 saturated heterocycles. The van der Waals surface area contributed by atoms with E-state index in [0.29, 0.717) is 4.77 Å². The van der Waals surface area contributed by atoms with Crippen molar-refractivity contribution < 1.29 is 0 Å². The molecule has 2 aromatic heterocycles. The molecule has 0 aliphatic carbocycles. The summed E-state index contributed by atoms with van der Waals surface area (Å²) in [7, 11) is 1.94. The minimum absolute atomic E-state index is 0.646. The van der Waals surface area contributed by atoms with Crippen LogP contribution in [0.2, 0.25) is 0 Å². The number of aromatic amines is 1. The highest BCUT2D eigenvalue weighted by molar-refractivity contribution is 7.71. The van der Waals surface area contributed by atoms with Gasteiger partial charge in [0.1, 0.15) is 0 Å². The molecule has 3 heterocycles. The third-order valence-electron chi connectivity index (χ3n) is 3.48. The van der Waals surface area contributed by atoms with Gasteiger partial charge in [-0.1, -0.05) is 18.3 Å². The molecule has 102 valence electrons. The first kappa shape index (κ1) is 12.8. The summed E-state index contributed by atoms with van der Waals surface area (Å²) in [5, 5.41) is 8.30. The fraction of sp³-hybridized carbons (Fsp3) is 0.583. The first-order valence-corrected chi connectivity index (χ1v) is 7.79. The lowest BCUT2D eigenvalue weighted by Gasteiger charge is -2.12. The Labute approximate surface area is 121 Å². The average molecular weight is 295 g/mol. The number of H-pyrrole nitrogens is 1. The molecule has 0 saturated carbocycles. The minimum Gasteiger partial charge on any atom is -0.348 e. The maximum Gasteiger partial charge on any atom is 0.195 e. The summed E-state index contributed by atoms with van der Waals surface area (Å²) in [6.07, 6.45) is 3.45. The monoisotopic (exact) mass is 295 g/mol. The molecule has 0 amide bonds. The van der Waals surface area contributed by atoms with Gasteiger partial charge in [-0.15, -0.1) is 0 Å². The second-order valence-electron chi connectivity index (χ2n) is 4.73. The predicted molar refractivity (Wildman–Crippen MR) is 80.3 cm³/mol. The summed E-state index contributed by atoms with van der Waals surface area (Å²) in [5.74, 6) is 0.893. The maximum atomic E-state index is 5.19. The number of aromatic nitrogens is 4. The summed E-state index contributed by atoms with van der Waals surface area (Å²) >= 11 is 6.91. The van der Waals surface area contributed by atoms with E-state index in [1.165, 1.54) is 12.8 Å². The van der Waals surface area contributed by atoms with E-state index in [1.54, 1.807) is 11.3 Å². The zero-order valence-electron chi connectivity index (χ0n) is 11.1. The van der Waals surface area contributed by atoms with E-state index in [2.05, 4.69) is 22.0 Å².